The van der Waals surface area contributed by atoms with E-state index in [0.717, 1.165) is 6.42 Å². The fraction of sp³-hybridized carbons (Fsp3) is 0.357. The molecule has 1 heterocycles. The van der Waals surface area contributed by atoms with Gasteiger partial charge in [0.1, 0.15) is 0 Å². The van der Waals surface area contributed by atoms with Crippen LogP contribution in [0.5, 0.6) is 0 Å². The van der Waals surface area contributed by atoms with E-state index in [1.54, 1.807) is 0 Å². The molecule has 2 heteroatoms. The van der Waals surface area contributed by atoms with Crippen molar-refractivity contribution in [1.82, 2.24) is 0 Å². The SMILES string of the molecule is O=C1OC[C@H]2[C@@H](c3ccccc3)C=CC[C@@H]12. The van der Waals surface area contributed by atoms with Crippen LogP contribution in [0.3, 0.4) is 0 Å². The van der Waals surface area contributed by atoms with Crippen LogP contribution in [0, 0.1) is 11.8 Å². The predicted molar refractivity (Wildman–Crippen MR) is 60.9 cm³/mol. The number of cyclic esters (lactones) is 1. The molecule has 0 spiro atoms. The van der Waals surface area contributed by atoms with Crippen LogP contribution in [0.15, 0.2) is 42.5 Å². The fourth-order valence-corrected chi connectivity index (χ4v) is 2.75. The van der Waals surface area contributed by atoms with Crippen molar-refractivity contribution in [2.75, 3.05) is 6.61 Å². The standard InChI is InChI=1S/C14H14O2/c15-14-12-8-4-7-11(13(12)9-16-14)10-5-2-1-3-6-10/h1-7,11-13H,8-9H2/t11-,12-,13+/m1/s1. The summed E-state index contributed by atoms with van der Waals surface area (Å²) in [7, 11) is 0. The van der Waals surface area contributed by atoms with E-state index in [-0.39, 0.29) is 11.9 Å². The van der Waals surface area contributed by atoms with Crippen LogP contribution < -0.4 is 0 Å². The Labute approximate surface area is 94.9 Å². The number of carbonyl (C=O) groups is 1. The van der Waals surface area contributed by atoms with Crippen LogP contribution in [0.4, 0.5) is 0 Å². The lowest BCUT2D eigenvalue weighted by Gasteiger charge is -2.26. The number of hydrogen-bond acceptors (Lipinski definition) is 2. The molecule has 0 unspecified atom stereocenters. The molecule has 3 atom stereocenters. The number of fused-ring (bicyclic) bond motifs is 1. The molecule has 3 rings (SSSR count). The second-order valence-corrected chi connectivity index (χ2v) is 4.50. The Morgan fingerprint density at radius 1 is 1.19 bits per heavy atom. The summed E-state index contributed by atoms with van der Waals surface area (Å²) in [5, 5.41) is 0. The number of hydrogen-bond donors (Lipinski definition) is 0. The predicted octanol–water partition coefficient (Wildman–Crippen LogP) is 2.52. The smallest absolute Gasteiger partial charge is 0.309 e. The average molecular weight is 214 g/mol. The van der Waals surface area contributed by atoms with Gasteiger partial charge < -0.3 is 4.74 Å². The highest BCUT2D eigenvalue weighted by Crippen LogP contribution is 2.41. The molecular formula is C14H14O2. The van der Waals surface area contributed by atoms with Gasteiger partial charge in [-0.1, -0.05) is 42.5 Å². The summed E-state index contributed by atoms with van der Waals surface area (Å²) < 4.78 is 5.17. The molecule has 1 aliphatic heterocycles. The third-order valence-corrected chi connectivity index (χ3v) is 3.62. The molecule has 1 aromatic carbocycles. The molecule has 16 heavy (non-hydrogen) atoms. The Bertz CT molecular complexity index is 422. The zero-order valence-corrected chi connectivity index (χ0v) is 9.00. The van der Waals surface area contributed by atoms with Gasteiger partial charge in [-0.25, -0.2) is 0 Å². The number of carbonyl (C=O) groups excluding carboxylic acids is 1. The van der Waals surface area contributed by atoms with E-state index in [4.69, 9.17) is 4.74 Å². The van der Waals surface area contributed by atoms with Crippen LogP contribution in [0.1, 0.15) is 17.9 Å². The van der Waals surface area contributed by atoms with Gasteiger partial charge in [0.15, 0.2) is 0 Å². The first-order chi connectivity index (χ1) is 7.86. The minimum absolute atomic E-state index is 0.0183. The van der Waals surface area contributed by atoms with Crippen molar-refractivity contribution in [1.29, 1.82) is 0 Å². The van der Waals surface area contributed by atoms with Crippen molar-refractivity contribution in [3.8, 4) is 0 Å². The molecule has 2 nitrogen and oxygen atoms in total. The summed E-state index contributed by atoms with van der Waals surface area (Å²) in [6, 6.07) is 10.4. The van der Waals surface area contributed by atoms with E-state index in [1.807, 2.05) is 18.2 Å². The van der Waals surface area contributed by atoms with E-state index < -0.39 is 0 Å². The molecule has 0 saturated carbocycles. The zero-order chi connectivity index (χ0) is 11.0. The molecule has 0 N–H and O–H groups in total. The summed E-state index contributed by atoms with van der Waals surface area (Å²) in [6.07, 6.45) is 5.18. The molecule has 1 aromatic rings. The maximum atomic E-state index is 11.5. The highest BCUT2D eigenvalue weighted by atomic mass is 16.5. The van der Waals surface area contributed by atoms with Crippen molar-refractivity contribution in [3.63, 3.8) is 0 Å². The molecule has 82 valence electrons. The highest BCUT2D eigenvalue weighted by Gasteiger charge is 2.42. The average Bonchev–Trinajstić information content (AvgIpc) is 2.73. The quantitative estimate of drug-likeness (QED) is 0.530. The molecule has 1 fully saturated rings. The monoisotopic (exact) mass is 214 g/mol. The Morgan fingerprint density at radius 3 is 2.81 bits per heavy atom. The second-order valence-electron chi connectivity index (χ2n) is 4.50. The number of ether oxygens (including phenoxy) is 1. The van der Waals surface area contributed by atoms with Crippen LogP contribution in [0.2, 0.25) is 0 Å². The van der Waals surface area contributed by atoms with E-state index >= 15 is 0 Å². The summed E-state index contributed by atoms with van der Waals surface area (Å²) in [5.41, 5.74) is 1.28. The van der Waals surface area contributed by atoms with E-state index in [2.05, 4.69) is 24.3 Å². The second kappa shape index (κ2) is 3.78. The molecule has 0 bridgehead atoms. The highest BCUT2D eigenvalue weighted by molar-refractivity contribution is 5.75. The van der Waals surface area contributed by atoms with E-state index in [1.165, 1.54) is 5.56 Å². The van der Waals surface area contributed by atoms with Crippen molar-refractivity contribution in [2.24, 2.45) is 11.8 Å². The van der Waals surface area contributed by atoms with Gasteiger partial charge >= 0.3 is 5.97 Å². The van der Waals surface area contributed by atoms with Crippen LogP contribution in [-0.2, 0) is 9.53 Å². The Morgan fingerprint density at radius 2 is 2.00 bits per heavy atom. The molecule has 1 aliphatic carbocycles. The minimum Gasteiger partial charge on any atom is -0.465 e. The molecular weight excluding hydrogens is 200 g/mol. The fourth-order valence-electron chi connectivity index (χ4n) is 2.75. The number of esters is 1. The van der Waals surface area contributed by atoms with Crippen molar-refractivity contribution in [2.45, 2.75) is 12.3 Å². The normalized spacial score (nSPS) is 32.2. The summed E-state index contributed by atoms with van der Waals surface area (Å²) in [4.78, 5) is 11.5. The Hall–Kier alpha value is -1.57. The third-order valence-electron chi connectivity index (χ3n) is 3.62. The van der Waals surface area contributed by atoms with Gasteiger partial charge in [-0.3, -0.25) is 4.79 Å². The number of benzene rings is 1. The van der Waals surface area contributed by atoms with Crippen LogP contribution in [-0.4, -0.2) is 12.6 Å². The van der Waals surface area contributed by atoms with Gasteiger partial charge in [0.05, 0.1) is 12.5 Å². The van der Waals surface area contributed by atoms with Crippen LogP contribution >= 0.6 is 0 Å². The van der Waals surface area contributed by atoms with Gasteiger partial charge in [0, 0.05) is 11.8 Å². The first-order valence-corrected chi connectivity index (χ1v) is 5.74. The Kier molecular flexibility index (Phi) is 2.28. The van der Waals surface area contributed by atoms with E-state index in [9.17, 15) is 4.79 Å². The lowest BCUT2D eigenvalue weighted by molar-refractivity contribution is -0.141. The van der Waals surface area contributed by atoms with Gasteiger partial charge in [-0.05, 0) is 12.0 Å². The van der Waals surface area contributed by atoms with E-state index in [0.29, 0.717) is 18.4 Å². The minimum atomic E-state index is -0.0183. The zero-order valence-electron chi connectivity index (χ0n) is 9.00. The van der Waals surface area contributed by atoms with Crippen molar-refractivity contribution in [3.05, 3.63) is 48.0 Å². The lowest BCUT2D eigenvalue weighted by Crippen LogP contribution is -2.24. The lowest BCUT2D eigenvalue weighted by atomic mass is 9.75. The number of allylic oxidation sites excluding steroid dienone is 2. The topological polar surface area (TPSA) is 26.3 Å². The molecule has 0 radical (unpaired) electrons. The third kappa shape index (κ3) is 1.45. The van der Waals surface area contributed by atoms with Gasteiger partial charge in [0.2, 0.25) is 0 Å². The molecule has 1 saturated heterocycles. The van der Waals surface area contributed by atoms with Crippen molar-refractivity contribution < 1.29 is 9.53 Å². The molecule has 0 amide bonds. The first kappa shape index (κ1) is 9.64. The summed E-state index contributed by atoms with van der Waals surface area (Å²) in [6.45, 7) is 0.577. The summed E-state index contributed by atoms with van der Waals surface area (Å²) in [5.74, 6) is 0.733. The number of rotatable bonds is 1. The first-order valence-electron chi connectivity index (χ1n) is 5.74. The maximum absolute atomic E-state index is 11.5. The van der Waals surface area contributed by atoms with Crippen LogP contribution in [0.25, 0.3) is 0 Å². The van der Waals surface area contributed by atoms with Gasteiger partial charge in [-0.2, -0.15) is 0 Å². The molecule has 2 aliphatic rings. The largest absolute Gasteiger partial charge is 0.465 e. The maximum Gasteiger partial charge on any atom is 0.309 e. The summed E-state index contributed by atoms with van der Waals surface area (Å²) >= 11 is 0. The Balaban J connectivity index is 1.94. The van der Waals surface area contributed by atoms with Gasteiger partial charge in [-0.15, -0.1) is 0 Å². The van der Waals surface area contributed by atoms with Crippen molar-refractivity contribution >= 4 is 5.97 Å². The van der Waals surface area contributed by atoms with Gasteiger partial charge in [0.25, 0.3) is 0 Å². The molecule has 0 aromatic heterocycles.